The number of nitrogens with two attached hydrogens (primary N) is 1. The van der Waals surface area contributed by atoms with E-state index in [-0.39, 0.29) is 24.0 Å². The Morgan fingerprint density at radius 2 is 2.21 bits per heavy atom. The maximum Gasteiger partial charge on any atom is 0.254 e. The van der Waals surface area contributed by atoms with Crippen LogP contribution in [0, 0.1) is 5.82 Å². The molecule has 2 aliphatic rings. The largest absolute Gasteiger partial charge is 0.385 e. The molecule has 1 unspecified atom stereocenters. The molecule has 1 aromatic carbocycles. The number of carbonyl (C=O) groups is 1. The summed E-state index contributed by atoms with van der Waals surface area (Å²) < 4.78 is 28.6. The molecule has 2 heterocycles. The van der Waals surface area contributed by atoms with Gasteiger partial charge in [-0.25, -0.2) is 13.5 Å². The first-order chi connectivity index (χ1) is 11.5. The number of nitrogen functional groups attached to an aromatic ring is 1. The number of alkyl halides is 1. The van der Waals surface area contributed by atoms with Gasteiger partial charge in [0.05, 0.1) is 11.6 Å². The summed E-state index contributed by atoms with van der Waals surface area (Å²) in [5.41, 5.74) is 8.61. The third-order valence-electron chi connectivity index (χ3n) is 4.89. The van der Waals surface area contributed by atoms with Crippen molar-refractivity contribution in [3.8, 4) is 0 Å². The minimum absolute atomic E-state index is 0.200. The third kappa shape index (κ3) is 2.35. The van der Waals surface area contributed by atoms with Crippen LogP contribution in [0.4, 0.5) is 20.3 Å². The Morgan fingerprint density at radius 3 is 3.04 bits per heavy atom. The number of hydrogen-bond acceptors (Lipinski definition) is 4. The lowest BCUT2D eigenvalue weighted by molar-refractivity contribution is 0.0851. The second-order valence-corrected chi connectivity index (χ2v) is 6.40. The Kier molecular flexibility index (Phi) is 3.51. The third-order valence-corrected chi connectivity index (χ3v) is 4.89. The summed E-state index contributed by atoms with van der Waals surface area (Å²) in [6.45, 7) is 0.626. The highest BCUT2D eigenvalue weighted by Crippen LogP contribution is 2.35. The molecule has 24 heavy (non-hydrogen) atoms. The first kappa shape index (κ1) is 15.1. The van der Waals surface area contributed by atoms with E-state index in [1.54, 1.807) is 6.07 Å². The van der Waals surface area contributed by atoms with Crippen molar-refractivity contribution in [1.29, 1.82) is 0 Å². The predicted molar refractivity (Wildman–Crippen MR) is 86.4 cm³/mol. The van der Waals surface area contributed by atoms with Crippen LogP contribution < -0.4 is 11.1 Å². The Labute approximate surface area is 137 Å². The van der Waals surface area contributed by atoms with Crippen molar-refractivity contribution in [3.63, 3.8) is 0 Å². The fourth-order valence-corrected chi connectivity index (χ4v) is 3.68. The Morgan fingerprint density at radius 1 is 1.38 bits per heavy atom. The first-order valence-electron chi connectivity index (χ1n) is 8.12. The smallest absolute Gasteiger partial charge is 0.254 e. The minimum Gasteiger partial charge on any atom is -0.385 e. The van der Waals surface area contributed by atoms with Crippen LogP contribution in [-0.4, -0.2) is 28.4 Å². The van der Waals surface area contributed by atoms with E-state index in [0.717, 1.165) is 5.69 Å². The number of anilines is 2. The van der Waals surface area contributed by atoms with Crippen molar-refractivity contribution in [3.05, 3.63) is 40.8 Å². The van der Waals surface area contributed by atoms with Crippen molar-refractivity contribution in [2.45, 2.75) is 37.8 Å². The van der Waals surface area contributed by atoms with Crippen LogP contribution >= 0.6 is 0 Å². The monoisotopic (exact) mass is 332 g/mol. The SMILES string of the molecule is Nc1nn(C(=O)C2CCNc3ccc(F)cc32)c2c1C[C@H](F)CC2. The van der Waals surface area contributed by atoms with Gasteiger partial charge in [0.2, 0.25) is 0 Å². The number of fused-ring (bicyclic) bond motifs is 2. The van der Waals surface area contributed by atoms with Gasteiger partial charge < -0.3 is 11.1 Å². The number of carbonyl (C=O) groups excluding carboxylic acids is 1. The molecule has 3 N–H and O–H groups in total. The van der Waals surface area contributed by atoms with Crippen LogP contribution in [0.15, 0.2) is 18.2 Å². The molecule has 1 aliphatic carbocycles. The molecule has 1 aromatic heterocycles. The number of benzene rings is 1. The fourth-order valence-electron chi connectivity index (χ4n) is 3.68. The molecule has 0 amide bonds. The summed E-state index contributed by atoms with van der Waals surface area (Å²) in [6, 6.07) is 4.40. The average molecular weight is 332 g/mol. The molecule has 0 fully saturated rings. The Balaban J connectivity index is 1.74. The van der Waals surface area contributed by atoms with Gasteiger partial charge in [-0.15, -0.1) is 5.10 Å². The molecule has 126 valence electrons. The van der Waals surface area contributed by atoms with Gasteiger partial charge in [-0.3, -0.25) is 4.79 Å². The number of hydrogen-bond donors (Lipinski definition) is 2. The Bertz CT molecular complexity index is 817. The van der Waals surface area contributed by atoms with Gasteiger partial charge in [-0.05, 0) is 43.0 Å². The highest BCUT2D eigenvalue weighted by atomic mass is 19.1. The van der Waals surface area contributed by atoms with E-state index >= 15 is 0 Å². The summed E-state index contributed by atoms with van der Waals surface area (Å²) in [4.78, 5) is 13.0. The lowest BCUT2D eigenvalue weighted by Crippen LogP contribution is -2.29. The molecule has 2 aromatic rings. The van der Waals surface area contributed by atoms with Gasteiger partial charge in [0.25, 0.3) is 5.91 Å². The fraction of sp³-hybridized carbons (Fsp3) is 0.412. The molecule has 0 bridgehead atoms. The highest BCUT2D eigenvalue weighted by Gasteiger charge is 2.33. The molecule has 0 spiro atoms. The normalized spacial score (nSPS) is 22.4. The van der Waals surface area contributed by atoms with Gasteiger partial charge in [0.15, 0.2) is 0 Å². The maximum absolute atomic E-state index is 13.6. The zero-order valence-electron chi connectivity index (χ0n) is 13.1. The predicted octanol–water partition coefficient (Wildman–Crippen LogP) is 2.67. The van der Waals surface area contributed by atoms with Crippen molar-refractivity contribution in [1.82, 2.24) is 9.78 Å². The summed E-state index contributed by atoms with van der Waals surface area (Å²) in [5.74, 6) is -0.872. The van der Waals surface area contributed by atoms with Crippen LogP contribution in [0.25, 0.3) is 0 Å². The van der Waals surface area contributed by atoms with E-state index in [1.165, 1.54) is 16.8 Å². The van der Waals surface area contributed by atoms with Crippen molar-refractivity contribution >= 4 is 17.4 Å². The van der Waals surface area contributed by atoms with Crippen LogP contribution in [0.5, 0.6) is 0 Å². The zero-order valence-corrected chi connectivity index (χ0v) is 13.1. The van der Waals surface area contributed by atoms with E-state index in [4.69, 9.17) is 5.73 Å². The molecule has 5 nitrogen and oxygen atoms in total. The Hall–Kier alpha value is -2.44. The molecule has 4 rings (SSSR count). The molecule has 2 atom stereocenters. The second kappa shape index (κ2) is 5.58. The highest BCUT2D eigenvalue weighted by molar-refractivity contribution is 5.89. The van der Waals surface area contributed by atoms with Crippen LogP contribution in [-0.2, 0) is 12.8 Å². The standard InChI is InChI=1S/C17H18F2N4O/c18-9-1-3-14-12(7-9)11(5-6-21-14)17(24)23-15-4-2-10(19)8-13(15)16(20)22-23/h1,3,7,10-11,21H,2,4-6,8H2,(H2,20,22)/t10-,11?/m1/s1. The van der Waals surface area contributed by atoms with Gasteiger partial charge in [0, 0.05) is 24.2 Å². The van der Waals surface area contributed by atoms with Crippen molar-refractivity contribution in [2.24, 2.45) is 0 Å². The minimum atomic E-state index is -0.943. The number of aromatic nitrogens is 2. The van der Waals surface area contributed by atoms with Gasteiger partial charge in [0.1, 0.15) is 17.8 Å². The van der Waals surface area contributed by atoms with Crippen LogP contribution in [0.1, 0.15) is 40.4 Å². The molecule has 7 heteroatoms. The van der Waals surface area contributed by atoms with Gasteiger partial charge in [-0.1, -0.05) is 0 Å². The molecule has 0 saturated carbocycles. The van der Waals surface area contributed by atoms with E-state index in [0.29, 0.717) is 42.6 Å². The van der Waals surface area contributed by atoms with Gasteiger partial charge >= 0.3 is 0 Å². The number of nitrogens with one attached hydrogen (secondary N) is 1. The zero-order chi connectivity index (χ0) is 16.8. The molecular formula is C17H18F2N4O. The lowest BCUT2D eigenvalue weighted by atomic mass is 9.89. The van der Waals surface area contributed by atoms with E-state index in [1.807, 2.05) is 0 Å². The maximum atomic E-state index is 13.6. The number of halogens is 2. The number of rotatable bonds is 1. The van der Waals surface area contributed by atoms with Crippen molar-refractivity contribution < 1.29 is 13.6 Å². The first-order valence-corrected chi connectivity index (χ1v) is 8.12. The quantitative estimate of drug-likeness (QED) is 0.842. The summed E-state index contributed by atoms with van der Waals surface area (Å²) in [6.07, 6.45) is 0.610. The topological polar surface area (TPSA) is 72.9 Å². The summed E-state index contributed by atoms with van der Waals surface area (Å²) in [7, 11) is 0. The van der Waals surface area contributed by atoms with Crippen LogP contribution in [0.3, 0.4) is 0 Å². The van der Waals surface area contributed by atoms with E-state index < -0.39 is 12.1 Å². The molecule has 0 saturated heterocycles. The lowest BCUT2D eigenvalue weighted by Gasteiger charge is -2.26. The number of nitrogens with zero attached hydrogens (tertiary/aromatic N) is 2. The van der Waals surface area contributed by atoms with Crippen LogP contribution in [0.2, 0.25) is 0 Å². The summed E-state index contributed by atoms with van der Waals surface area (Å²) in [5, 5.41) is 7.34. The second-order valence-electron chi connectivity index (χ2n) is 6.40. The molecule has 1 aliphatic heterocycles. The van der Waals surface area contributed by atoms with E-state index in [9.17, 15) is 13.6 Å². The van der Waals surface area contributed by atoms with E-state index in [2.05, 4.69) is 10.4 Å². The average Bonchev–Trinajstić information content (AvgIpc) is 2.90. The van der Waals surface area contributed by atoms with Crippen molar-refractivity contribution in [2.75, 3.05) is 17.6 Å². The molecule has 0 radical (unpaired) electrons. The molecular weight excluding hydrogens is 314 g/mol. The summed E-state index contributed by atoms with van der Waals surface area (Å²) >= 11 is 0. The van der Waals surface area contributed by atoms with Gasteiger partial charge in [-0.2, -0.15) is 0 Å².